The molecule has 1 aliphatic rings. The molecule has 1 amide bonds. The number of amides is 1. The standard InChI is InChI=1S/C14H13ClN2O3S2/c1-17-11-4-3-10(8-9(11)2-6-13(17)18)16-22(19,20)14-7-5-12(15)21-14/h3-5,7-8,16H,2,6H2,1H3. The first-order chi connectivity index (χ1) is 10.4. The summed E-state index contributed by atoms with van der Waals surface area (Å²) in [5.74, 6) is 0.0639. The summed E-state index contributed by atoms with van der Waals surface area (Å²) in [5, 5.41) is 0. The Labute approximate surface area is 137 Å². The third-order valence-corrected chi connectivity index (χ3v) is 6.59. The van der Waals surface area contributed by atoms with Gasteiger partial charge in [-0.15, -0.1) is 11.3 Å². The number of thiophene rings is 1. The number of benzene rings is 1. The van der Waals surface area contributed by atoms with E-state index in [1.807, 2.05) is 0 Å². The van der Waals surface area contributed by atoms with Gasteiger partial charge in [-0.25, -0.2) is 8.42 Å². The monoisotopic (exact) mass is 356 g/mol. The van der Waals surface area contributed by atoms with Crippen molar-refractivity contribution in [3.05, 3.63) is 40.2 Å². The van der Waals surface area contributed by atoms with Crippen LogP contribution in [0.2, 0.25) is 4.34 Å². The van der Waals surface area contributed by atoms with Crippen LogP contribution in [0.3, 0.4) is 0 Å². The third-order valence-electron chi connectivity index (χ3n) is 3.49. The predicted molar refractivity (Wildman–Crippen MR) is 88.3 cm³/mol. The average molecular weight is 357 g/mol. The number of nitrogens with one attached hydrogen (secondary N) is 1. The van der Waals surface area contributed by atoms with E-state index in [4.69, 9.17) is 11.6 Å². The molecule has 0 radical (unpaired) electrons. The van der Waals surface area contributed by atoms with Gasteiger partial charge in [-0.05, 0) is 42.3 Å². The Morgan fingerprint density at radius 1 is 1.23 bits per heavy atom. The molecule has 0 spiro atoms. The molecule has 5 nitrogen and oxygen atoms in total. The van der Waals surface area contributed by atoms with Crippen LogP contribution in [-0.4, -0.2) is 21.4 Å². The molecule has 116 valence electrons. The number of halogens is 1. The fourth-order valence-corrected chi connectivity index (χ4v) is 4.90. The van der Waals surface area contributed by atoms with Crippen molar-refractivity contribution in [2.45, 2.75) is 17.1 Å². The Kier molecular flexibility index (Phi) is 3.88. The number of nitrogens with zero attached hydrogens (tertiary/aromatic N) is 1. The maximum Gasteiger partial charge on any atom is 0.271 e. The Balaban J connectivity index is 1.89. The first-order valence-electron chi connectivity index (χ1n) is 6.54. The highest BCUT2D eigenvalue weighted by molar-refractivity contribution is 7.94. The van der Waals surface area contributed by atoms with Crippen LogP contribution in [0.25, 0.3) is 0 Å². The minimum absolute atomic E-state index is 0.0639. The lowest BCUT2D eigenvalue weighted by atomic mass is 10.0. The zero-order valence-corrected chi connectivity index (χ0v) is 14.1. The zero-order chi connectivity index (χ0) is 15.9. The second kappa shape index (κ2) is 5.57. The van der Waals surface area contributed by atoms with E-state index in [0.29, 0.717) is 22.9 Å². The molecule has 1 aromatic heterocycles. The van der Waals surface area contributed by atoms with Crippen molar-refractivity contribution in [2.24, 2.45) is 0 Å². The normalized spacial score (nSPS) is 14.8. The summed E-state index contributed by atoms with van der Waals surface area (Å²) < 4.78 is 27.7. The topological polar surface area (TPSA) is 66.5 Å². The molecule has 0 saturated heterocycles. The number of rotatable bonds is 3. The fraction of sp³-hybridized carbons (Fsp3) is 0.214. The molecule has 0 bridgehead atoms. The number of aryl methyl sites for hydroxylation is 1. The van der Waals surface area contributed by atoms with Crippen LogP contribution in [0.1, 0.15) is 12.0 Å². The Hall–Kier alpha value is -1.57. The van der Waals surface area contributed by atoms with E-state index in [0.717, 1.165) is 22.6 Å². The average Bonchev–Trinajstić information content (AvgIpc) is 2.90. The highest BCUT2D eigenvalue weighted by Gasteiger charge is 2.22. The molecule has 2 heterocycles. The number of hydrogen-bond donors (Lipinski definition) is 1. The molecule has 2 aromatic rings. The van der Waals surface area contributed by atoms with Gasteiger partial charge in [0.05, 0.1) is 4.34 Å². The van der Waals surface area contributed by atoms with Crippen molar-refractivity contribution in [1.82, 2.24) is 0 Å². The molecule has 0 atom stereocenters. The Morgan fingerprint density at radius 3 is 2.68 bits per heavy atom. The maximum atomic E-state index is 12.3. The first kappa shape index (κ1) is 15.3. The molecule has 0 unspecified atom stereocenters. The maximum absolute atomic E-state index is 12.3. The van der Waals surface area contributed by atoms with Crippen LogP contribution < -0.4 is 9.62 Å². The van der Waals surface area contributed by atoms with E-state index in [9.17, 15) is 13.2 Å². The summed E-state index contributed by atoms with van der Waals surface area (Å²) >= 11 is 6.79. The fourth-order valence-electron chi connectivity index (χ4n) is 2.37. The molecular weight excluding hydrogens is 344 g/mol. The largest absolute Gasteiger partial charge is 0.315 e. The minimum Gasteiger partial charge on any atom is -0.315 e. The van der Waals surface area contributed by atoms with Gasteiger partial charge in [0.15, 0.2) is 0 Å². The summed E-state index contributed by atoms with van der Waals surface area (Å²) in [7, 11) is -1.92. The van der Waals surface area contributed by atoms with Crippen LogP contribution in [-0.2, 0) is 21.2 Å². The highest BCUT2D eigenvalue weighted by atomic mass is 35.5. The number of fused-ring (bicyclic) bond motifs is 1. The number of hydrogen-bond acceptors (Lipinski definition) is 4. The van der Waals surface area contributed by atoms with Gasteiger partial charge in [-0.2, -0.15) is 0 Å². The molecule has 0 saturated carbocycles. The van der Waals surface area contributed by atoms with E-state index < -0.39 is 10.0 Å². The van der Waals surface area contributed by atoms with Crippen molar-refractivity contribution in [1.29, 1.82) is 0 Å². The molecule has 8 heteroatoms. The summed E-state index contributed by atoms with van der Waals surface area (Å²) in [6.07, 6.45) is 1.04. The van der Waals surface area contributed by atoms with Gasteiger partial charge < -0.3 is 4.90 Å². The van der Waals surface area contributed by atoms with Gasteiger partial charge in [-0.3, -0.25) is 9.52 Å². The van der Waals surface area contributed by atoms with E-state index in [1.165, 1.54) is 6.07 Å². The van der Waals surface area contributed by atoms with Crippen molar-refractivity contribution < 1.29 is 13.2 Å². The van der Waals surface area contributed by atoms with Gasteiger partial charge in [0.2, 0.25) is 5.91 Å². The molecular formula is C14H13ClN2O3S2. The number of sulfonamides is 1. The molecule has 1 aliphatic heterocycles. The molecule has 22 heavy (non-hydrogen) atoms. The third kappa shape index (κ3) is 2.84. The lowest BCUT2D eigenvalue weighted by molar-refractivity contribution is -0.118. The van der Waals surface area contributed by atoms with Crippen molar-refractivity contribution in [2.75, 3.05) is 16.7 Å². The van der Waals surface area contributed by atoms with Crippen LogP contribution >= 0.6 is 22.9 Å². The smallest absolute Gasteiger partial charge is 0.271 e. The van der Waals surface area contributed by atoms with E-state index in [1.54, 1.807) is 36.2 Å². The van der Waals surface area contributed by atoms with Crippen LogP contribution in [0.15, 0.2) is 34.5 Å². The van der Waals surface area contributed by atoms with Crippen molar-refractivity contribution in [3.63, 3.8) is 0 Å². The van der Waals surface area contributed by atoms with E-state index in [2.05, 4.69) is 4.72 Å². The van der Waals surface area contributed by atoms with Gasteiger partial charge in [0.25, 0.3) is 10.0 Å². The van der Waals surface area contributed by atoms with Crippen LogP contribution in [0.5, 0.6) is 0 Å². The van der Waals surface area contributed by atoms with Gasteiger partial charge >= 0.3 is 0 Å². The quantitative estimate of drug-likeness (QED) is 0.918. The summed E-state index contributed by atoms with van der Waals surface area (Å²) in [6.45, 7) is 0. The SMILES string of the molecule is CN1C(=O)CCc2cc(NS(=O)(=O)c3ccc(Cl)s3)ccc21. The van der Waals surface area contributed by atoms with Gasteiger partial charge in [0.1, 0.15) is 4.21 Å². The summed E-state index contributed by atoms with van der Waals surface area (Å²) in [6, 6.07) is 8.20. The predicted octanol–water partition coefficient (Wildman–Crippen LogP) is 3.11. The van der Waals surface area contributed by atoms with Crippen molar-refractivity contribution in [3.8, 4) is 0 Å². The zero-order valence-electron chi connectivity index (χ0n) is 11.7. The molecule has 1 aromatic carbocycles. The second-order valence-corrected chi connectivity index (χ2v) is 8.58. The molecule has 0 fully saturated rings. The summed E-state index contributed by atoms with van der Waals surface area (Å²) in [5.41, 5.74) is 2.25. The van der Waals surface area contributed by atoms with Crippen molar-refractivity contribution >= 4 is 50.2 Å². The van der Waals surface area contributed by atoms with E-state index in [-0.39, 0.29) is 10.1 Å². The lowest BCUT2D eigenvalue weighted by Crippen LogP contribution is -2.31. The lowest BCUT2D eigenvalue weighted by Gasteiger charge is -2.26. The number of carbonyl (C=O) groups is 1. The van der Waals surface area contributed by atoms with Gasteiger partial charge in [-0.1, -0.05) is 11.6 Å². The second-order valence-electron chi connectivity index (χ2n) is 4.96. The Morgan fingerprint density at radius 2 is 2.00 bits per heavy atom. The molecule has 1 N–H and O–H groups in total. The minimum atomic E-state index is -3.64. The van der Waals surface area contributed by atoms with Crippen LogP contribution in [0, 0.1) is 0 Å². The number of anilines is 2. The van der Waals surface area contributed by atoms with Gasteiger partial charge in [0, 0.05) is 24.8 Å². The summed E-state index contributed by atoms with van der Waals surface area (Å²) in [4.78, 5) is 13.3. The number of carbonyl (C=O) groups excluding carboxylic acids is 1. The van der Waals surface area contributed by atoms with Crippen LogP contribution in [0.4, 0.5) is 11.4 Å². The first-order valence-corrected chi connectivity index (χ1v) is 9.22. The Bertz CT molecular complexity index is 846. The highest BCUT2D eigenvalue weighted by Crippen LogP contribution is 2.31. The molecule has 3 rings (SSSR count). The molecule has 0 aliphatic carbocycles. The van der Waals surface area contributed by atoms with E-state index >= 15 is 0 Å².